The van der Waals surface area contributed by atoms with E-state index in [1.807, 2.05) is 6.92 Å². The Bertz CT molecular complexity index is 391. The van der Waals surface area contributed by atoms with Crippen LogP contribution in [0.4, 0.5) is 0 Å². The summed E-state index contributed by atoms with van der Waals surface area (Å²) in [5.74, 6) is 0.762. The molecule has 1 atom stereocenters. The first kappa shape index (κ1) is 12.0. The number of aryl methyl sites for hydroxylation is 1. The molecule has 1 aliphatic heterocycles. The molecule has 0 aromatic carbocycles. The Morgan fingerprint density at radius 2 is 2.47 bits per heavy atom. The number of likely N-dealkylation sites (tertiary alicyclic amines) is 1. The highest BCUT2D eigenvalue weighted by atomic mass is 16.3. The number of aromatic nitrogens is 3. The fourth-order valence-electron chi connectivity index (χ4n) is 2.02. The molecule has 2 N–H and O–H groups in total. The van der Waals surface area contributed by atoms with Crippen LogP contribution in [0.25, 0.3) is 0 Å². The molecule has 1 amide bonds. The van der Waals surface area contributed by atoms with Gasteiger partial charge in [-0.05, 0) is 19.3 Å². The first-order chi connectivity index (χ1) is 8.20. The predicted octanol–water partition coefficient (Wildman–Crippen LogP) is 0.354. The second-order valence-corrected chi connectivity index (χ2v) is 4.40. The smallest absolute Gasteiger partial charge is 0.293 e. The summed E-state index contributed by atoms with van der Waals surface area (Å²) in [4.78, 5) is 17.8. The highest BCUT2D eigenvalue weighted by molar-refractivity contribution is 5.90. The predicted molar refractivity (Wildman–Crippen MR) is 61.5 cm³/mol. The maximum absolute atomic E-state index is 12.0. The number of nitrogens with zero attached hydrogens (tertiary/aromatic N) is 3. The van der Waals surface area contributed by atoms with Gasteiger partial charge >= 0.3 is 0 Å². The van der Waals surface area contributed by atoms with E-state index in [1.54, 1.807) is 4.90 Å². The summed E-state index contributed by atoms with van der Waals surface area (Å²) in [6.45, 7) is 3.11. The van der Waals surface area contributed by atoms with Gasteiger partial charge < -0.3 is 10.0 Å². The van der Waals surface area contributed by atoms with Crippen LogP contribution >= 0.6 is 0 Å². The van der Waals surface area contributed by atoms with Crippen LogP contribution in [0.1, 0.15) is 42.6 Å². The van der Waals surface area contributed by atoms with E-state index < -0.39 is 6.10 Å². The van der Waals surface area contributed by atoms with Crippen LogP contribution in [0, 0.1) is 0 Å². The van der Waals surface area contributed by atoms with Crippen LogP contribution in [0.3, 0.4) is 0 Å². The van der Waals surface area contributed by atoms with Crippen molar-refractivity contribution in [3.63, 3.8) is 0 Å². The zero-order valence-corrected chi connectivity index (χ0v) is 10.0. The van der Waals surface area contributed by atoms with Gasteiger partial charge in [-0.1, -0.05) is 6.92 Å². The molecule has 6 nitrogen and oxygen atoms in total. The number of hydrogen-bond acceptors (Lipinski definition) is 4. The molecule has 2 rings (SSSR count). The minimum atomic E-state index is -0.415. The molecule has 0 saturated carbocycles. The van der Waals surface area contributed by atoms with Crippen LogP contribution in [0.2, 0.25) is 0 Å². The minimum absolute atomic E-state index is 0.192. The number of aromatic amines is 1. The van der Waals surface area contributed by atoms with Crippen molar-refractivity contribution < 1.29 is 9.90 Å². The number of rotatable bonds is 3. The molecule has 94 valence electrons. The number of nitrogens with one attached hydrogen (secondary N) is 1. The molecular weight excluding hydrogens is 220 g/mol. The molecule has 1 saturated heterocycles. The summed E-state index contributed by atoms with van der Waals surface area (Å²) in [7, 11) is 0. The second kappa shape index (κ2) is 5.27. The van der Waals surface area contributed by atoms with Gasteiger partial charge in [0.05, 0.1) is 6.10 Å². The molecule has 1 aromatic heterocycles. The van der Waals surface area contributed by atoms with Crippen molar-refractivity contribution in [1.82, 2.24) is 20.1 Å². The first-order valence-corrected chi connectivity index (χ1v) is 6.09. The van der Waals surface area contributed by atoms with Gasteiger partial charge in [0.1, 0.15) is 5.82 Å². The Balaban J connectivity index is 2.02. The Morgan fingerprint density at radius 3 is 3.18 bits per heavy atom. The number of aliphatic hydroxyl groups is 1. The Morgan fingerprint density at radius 1 is 1.65 bits per heavy atom. The van der Waals surface area contributed by atoms with Crippen LogP contribution in [-0.4, -0.2) is 50.3 Å². The van der Waals surface area contributed by atoms with Gasteiger partial charge in [-0.25, -0.2) is 4.98 Å². The van der Waals surface area contributed by atoms with Crippen molar-refractivity contribution in [2.75, 3.05) is 13.1 Å². The van der Waals surface area contributed by atoms with E-state index in [1.165, 1.54) is 0 Å². The number of carbonyl (C=O) groups excluding carboxylic acids is 1. The van der Waals surface area contributed by atoms with Gasteiger partial charge in [0.15, 0.2) is 0 Å². The lowest BCUT2D eigenvalue weighted by Gasteiger charge is -2.29. The van der Waals surface area contributed by atoms with Crippen LogP contribution in [0.5, 0.6) is 0 Å². The quantitative estimate of drug-likeness (QED) is 0.796. The van der Waals surface area contributed by atoms with E-state index in [2.05, 4.69) is 15.2 Å². The van der Waals surface area contributed by atoms with Crippen LogP contribution in [-0.2, 0) is 6.42 Å². The lowest BCUT2D eigenvalue weighted by Crippen LogP contribution is -2.42. The molecule has 1 unspecified atom stereocenters. The minimum Gasteiger partial charge on any atom is -0.391 e. The van der Waals surface area contributed by atoms with Crippen molar-refractivity contribution in [1.29, 1.82) is 0 Å². The highest BCUT2D eigenvalue weighted by Crippen LogP contribution is 2.12. The van der Waals surface area contributed by atoms with E-state index in [9.17, 15) is 9.90 Å². The standard InChI is InChI=1S/C11H18N4O2/c1-2-4-9-12-10(14-13-9)11(17)15-6-3-5-8(16)7-15/h8,16H,2-7H2,1H3,(H,12,13,14). The lowest BCUT2D eigenvalue weighted by molar-refractivity contribution is 0.0464. The van der Waals surface area contributed by atoms with Gasteiger partial charge in [-0.3, -0.25) is 9.89 Å². The maximum Gasteiger partial charge on any atom is 0.293 e. The molecule has 0 bridgehead atoms. The lowest BCUT2D eigenvalue weighted by atomic mass is 10.1. The number of hydrogen-bond donors (Lipinski definition) is 2. The fraction of sp³-hybridized carbons (Fsp3) is 0.727. The summed E-state index contributed by atoms with van der Waals surface area (Å²) < 4.78 is 0. The van der Waals surface area contributed by atoms with Crippen molar-refractivity contribution >= 4 is 5.91 Å². The topological polar surface area (TPSA) is 82.1 Å². The van der Waals surface area contributed by atoms with Crippen molar-refractivity contribution in [2.24, 2.45) is 0 Å². The summed E-state index contributed by atoms with van der Waals surface area (Å²) >= 11 is 0. The monoisotopic (exact) mass is 238 g/mol. The van der Waals surface area contributed by atoms with Gasteiger partial charge in [0.25, 0.3) is 5.91 Å². The molecular formula is C11H18N4O2. The van der Waals surface area contributed by atoms with Crippen molar-refractivity contribution in [2.45, 2.75) is 38.7 Å². The number of carbonyl (C=O) groups is 1. The molecule has 17 heavy (non-hydrogen) atoms. The van der Waals surface area contributed by atoms with Crippen molar-refractivity contribution in [3.05, 3.63) is 11.6 Å². The average Bonchev–Trinajstić information content (AvgIpc) is 2.77. The average molecular weight is 238 g/mol. The molecule has 2 heterocycles. The van der Waals surface area contributed by atoms with Crippen LogP contribution < -0.4 is 0 Å². The van der Waals surface area contributed by atoms with Gasteiger partial charge in [-0.2, -0.15) is 0 Å². The van der Waals surface area contributed by atoms with E-state index >= 15 is 0 Å². The molecule has 1 fully saturated rings. The SMILES string of the molecule is CCCc1nc(C(=O)N2CCCC(O)C2)n[nH]1. The van der Waals surface area contributed by atoms with Crippen LogP contribution in [0.15, 0.2) is 0 Å². The fourth-order valence-corrected chi connectivity index (χ4v) is 2.02. The van der Waals surface area contributed by atoms with E-state index in [4.69, 9.17) is 0 Å². The van der Waals surface area contributed by atoms with Crippen molar-refractivity contribution in [3.8, 4) is 0 Å². The normalized spacial score (nSPS) is 20.6. The molecule has 1 aliphatic rings. The summed E-state index contributed by atoms with van der Waals surface area (Å²) in [6, 6.07) is 0. The van der Waals surface area contributed by atoms with E-state index in [0.29, 0.717) is 13.1 Å². The Hall–Kier alpha value is -1.43. The molecule has 1 aromatic rings. The number of H-pyrrole nitrogens is 1. The molecule has 0 radical (unpaired) electrons. The third-order valence-electron chi connectivity index (χ3n) is 2.89. The first-order valence-electron chi connectivity index (χ1n) is 6.09. The summed E-state index contributed by atoms with van der Waals surface area (Å²) in [5, 5.41) is 16.2. The zero-order valence-electron chi connectivity index (χ0n) is 10.0. The second-order valence-electron chi connectivity index (χ2n) is 4.40. The summed E-state index contributed by atoms with van der Waals surface area (Å²) in [6.07, 6.45) is 2.94. The molecule has 0 aliphatic carbocycles. The van der Waals surface area contributed by atoms with Gasteiger partial charge in [-0.15, -0.1) is 5.10 Å². The molecule has 0 spiro atoms. The maximum atomic E-state index is 12.0. The van der Waals surface area contributed by atoms with Gasteiger partial charge in [0, 0.05) is 19.5 Å². The summed E-state index contributed by atoms with van der Waals surface area (Å²) in [5.41, 5.74) is 0. The number of β-amino-alcohol motifs (C(OH)–C–C–N with tert-alkyl or cyclic N) is 1. The third-order valence-corrected chi connectivity index (χ3v) is 2.89. The number of aliphatic hydroxyl groups excluding tert-OH is 1. The zero-order chi connectivity index (χ0) is 12.3. The third kappa shape index (κ3) is 2.82. The number of piperidine rings is 1. The highest BCUT2D eigenvalue weighted by Gasteiger charge is 2.25. The molecule has 6 heteroatoms. The Labute approximate surface area is 100 Å². The largest absolute Gasteiger partial charge is 0.391 e. The van der Waals surface area contributed by atoms with E-state index in [-0.39, 0.29) is 11.7 Å². The van der Waals surface area contributed by atoms with E-state index in [0.717, 1.165) is 31.5 Å². The number of amides is 1. The van der Waals surface area contributed by atoms with Gasteiger partial charge in [0.2, 0.25) is 5.82 Å². The Kier molecular flexibility index (Phi) is 3.73.